The number of nitrogens with one attached hydrogen (secondary N) is 1. The number of hydrogen-bond donors (Lipinski definition) is 1. The summed E-state index contributed by atoms with van der Waals surface area (Å²) in [6.45, 7) is 4.78. The molecule has 1 atom stereocenters. The van der Waals surface area contributed by atoms with Crippen LogP contribution in [0.4, 0.5) is 5.69 Å². The first-order valence-electron chi connectivity index (χ1n) is 10.6. The molecule has 3 aromatic rings. The number of fused-ring (bicyclic) bond motifs is 1. The fourth-order valence-corrected chi connectivity index (χ4v) is 4.73. The van der Waals surface area contributed by atoms with Crippen molar-refractivity contribution in [1.29, 1.82) is 0 Å². The summed E-state index contributed by atoms with van der Waals surface area (Å²) in [5, 5.41) is 2.96. The number of rotatable bonds is 6. The van der Waals surface area contributed by atoms with E-state index in [4.69, 9.17) is 9.47 Å². The Morgan fingerprint density at radius 1 is 0.970 bits per heavy atom. The van der Waals surface area contributed by atoms with E-state index >= 15 is 0 Å². The highest BCUT2D eigenvalue weighted by Gasteiger charge is 2.22. The Morgan fingerprint density at radius 3 is 2.39 bits per heavy atom. The van der Waals surface area contributed by atoms with Crippen LogP contribution in [0.1, 0.15) is 34.5 Å². The van der Waals surface area contributed by atoms with E-state index in [0.29, 0.717) is 36.0 Å². The highest BCUT2D eigenvalue weighted by molar-refractivity contribution is 7.92. The standard InChI is InChI=1S/C25H26N2O5S/c1-17-7-10-22(11-8-17)33(29,30)27(3)21-6-4-5-20(15-21)25(28)26-18(2)19-9-12-23-24(16-19)32-14-13-31-23/h4-12,15-16,18H,13-14H2,1-3H3,(H,26,28)/t18-/m1/s1. The molecule has 7 nitrogen and oxygen atoms in total. The predicted octanol–water partition coefficient (Wildman–Crippen LogP) is 4.08. The van der Waals surface area contributed by atoms with Gasteiger partial charge in [-0.25, -0.2) is 8.42 Å². The zero-order chi connectivity index (χ0) is 23.6. The fourth-order valence-electron chi connectivity index (χ4n) is 3.54. The molecule has 0 saturated heterocycles. The Hall–Kier alpha value is -3.52. The summed E-state index contributed by atoms with van der Waals surface area (Å²) >= 11 is 0. The van der Waals surface area contributed by atoms with E-state index in [9.17, 15) is 13.2 Å². The van der Waals surface area contributed by atoms with Gasteiger partial charge in [-0.1, -0.05) is 29.8 Å². The van der Waals surface area contributed by atoms with Gasteiger partial charge in [0.1, 0.15) is 13.2 Å². The first-order valence-corrected chi connectivity index (χ1v) is 12.1. The summed E-state index contributed by atoms with van der Waals surface area (Å²) in [5.41, 5.74) is 2.61. The van der Waals surface area contributed by atoms with Crippen LogP contribution < -0.4 is 19.1 Å². The second-order valence-corrected chi connectivity index (χ2v) is 9.90. The largest absolute Gasteiger partial charge is 0.486 e. The fraction of sp³-hybridized carbons (Fsp3) is 0.240. The minimum atomic E-state index is -3.75. The topological polar surface area (TPSA) is 84.9 Å². The molecule has 172 valence electrons. The van der Waals surface area contributed by atoms with Gasteiger partial charge in [-0.05, 0) is 61.9 Å². The second kappa shape index (κ2) is 9.15. The molecule has 1 amide bonds. The van der Waals surface area contributed by atoms with E-state index in [0.717, 1.165) is 11.1 Å². The maximum absolute atomic E-state index is 13.0. The smallest absolute Gasteiger partial charge is 0.264 e. The van der Waals surface area contributed by atoms with Crippen LogP contribution in [0.15, 0.2) is 71.6 Å². The number of aryl methyl sites for hydroxylation is 1. The van der Waals surface area contributed by atoms with Crippen molar-refractivity contribution in [3.05, 3.63) is 83.4 Å². The number of ether oxygens (including phenoxy) is 2. The average Bonchev–Trinajstić information content (AvgIpc) is 2.83. The lowest BCUT2D eigenvalue weighted by molar-refractivity contribution is 0.0939. The van der Waals surface area contributed by atoms with Gasteiger partial charge in [0.25, 0.3) is 15.9 Å². The van der Waals surface area contributed by atoms with Gasteiger partial charge >= 0.3 is 0 Å². The van der Waals surface area contributed by atoms with E-state index in [1.165, 1.54) is 11.4 Å². The molecular formula is C25H26N2O5S. The van der Waals surface area contributed by atoms with Gasteiger partial charge in [0.15, 0.2) is 11.5 Å². The number of hydrogen-bond acceptors (Lipinski definition) is 5. The molecule has 8 heteroatoms. The third-order valence-electron chi connectivity index (χ3n) is 5.57. The Kier molecular flexibility index (Phi) is 6.29. The third-order valence-corrected chi connectivity index (χ3v) is 7.36. The van der Waals surface area contributed by atoms with Gasteiger partial charge in [-0.15, -0.1) is 0 Å². The molecular weight excluding hydrogens is 440 g/mol. The summed E-state index contributed by atoms with van der Waals surface area (Å²) in [4.78, 5) is 13.1. The van der Waals surface area contributed by atoms with Crippen molar-refractivity contribution < 1.29 is 22.7 Å². The molecule has 4 rings (SSSR count). The van der Waals surface area contributed by atoms with Gasteiger partial charge in [-0.2, -0.15) is 0 Å². The maximum Gasteiger partial charge on any atom is 0.264 e. The SMILES string of the molecule is Cc1ccc(S(=O)(=O)N(C)c2cccc(C(=O)N[C@H](C)c3ccc4c(c3)OCCO4)c2)cc1. The van der Waals surface area contributed by atoms with Crippen LogP contribution in [0, 0.1) is 6.92 Å². The molecule has 1 aliphatic heterocycles. The Labute approximate surface area is 194 Å². The van der Waals surface area contributed by atoms with E-state index < -0.39 is 10.0 Å². The Bertz CT molecular complexity index is 1270. The lowest BCUT2D eigenvalue weighted by Crippen LogP contribution is -2.28. The number of nitrogens with zero attached hydrogens (tertiary/aromatic N) is 1. The first kappa shape index (κ1) is 22.7. The first-order chi connectivity index (χ1) is 15.8. The summed E-state index contributed by atoms with van der Waals surface area (Å²) < 4.78 is 38.4. The molecule has 0 unspecified atom stereocenters. The molecule has 3 aromatic carbocycles. The van der Waals surface area contributed by atoms with Crippen LogP contribution in [-0.4, -0.2) is 34.6 Å². The molecule has 0 saturated carbocycles. The van der Waals surface area contributed by atoms with Crippen LogP contribution in [-0.2, 0) is 10.0 Å². The second-order valence-electron chi connectivity index (χ2n) is 7.93. The lowest BCUT2D eigenvalue weighted by atomic mass is 10.1. The van der Waals surface area contributed by atoms with E-state index in [2.05, 4.69) is 5.32 Å². The molecule has 1 heterocycles. The highest BCUT2D eigenvalue weighted by atomic mass is 32.2. The molecule has 0 spiro atoms. The number of sulfonamides is 1. The van der Waals surface area contributed by atoms with Gasteiger partial charge in [-0.3, -0.25) is 9.10 Å². The molecule has 0 bridgehead atoms. The van der Waals surface area contributed by atoms with Crippen LogP contribution in [0.3, 0.4) is 0 Å². The van der Waals surface area contributed by atoms with Crippen LogP contribution in [0.2, 0.25) is 0 Å². The van der Waals surface area contributed by atoms with Gasteiger partial charge in [0.2, 0.25) is 0 Å². The van der Waals surface area contributed by atoms with E-state index in [-0.39, 0.29) is 16.8 Å². The minimum Gasteiger partial charge on any atom is -0.486 e. The van der Waals surface area contributed by atoms with Crippen molar-refractivity contribution in [3.63, 3.8) is 0 Å². The number of carbonyl (C=O) groups is 1. The number of anilines is 1. The zero-order valence-corrected chi connectivity index (χ0v) is 19.6. The summed E-state index contributed by atoms with van der Waals surface area (Å²) in [6, 6.07) is 18.5. The van der Waals surface area contributed by atoms with E-state index in [1.54, 1.807) is 48.5 Å². The van der Waals surface area contributed by atoms with Crippen LogP contribution in [0.25, 0.3) is 0 Å². The summed E-state index contributed by atoms with van der Waals surface area (Å²) in [5.74, 6) is 1.04. The normalized spacial score (nSPS) is 13.8. The zero-order valence-electron chi connectivity index (χ0n) is 18.7. The number of carbonyl (C=O) groups excluding carboxylic acids is 1. The number of amides is 1. The summed E-state index contributed by atoms with van der Waals surface area (Å²) in [7, 11) is -2.27. The van der Waals surface area contributed by atoms with Gasteiger partial charge in [0.05, 0.1) is 16.6 Å². The Morgan fingerprint density at radius 2 is 1.67 bits per heavy atom. The minimum absolute atomic E-state index is 0.192. The monoisotopic (exact) mass is 466 g/mol. The molecule has 0 radical (unpaired) electrons. The molecule has 0 fully saturated rings. The molecule has 1 aliphatic rings. The van der Waals surface area contributed by atoms with Gasteiger partial charge in [0, 0.05) is 12.6 Å². The average molecular weight is 467 g/mol. The number of benzene rings is 3. The van der Waals surface area contributed by atoms with Crippen molar-refractivity contribution in [2.75, 3.05) is 24.6 Å². The predicted molar refractivity (Wildman–Crippen MR) is 127 cm³/mol. The van der Waals surface area contributed by atoms with Crippen molar-refractivity contribution >= 4 is 21.6 Å². The van der Waals surface area contributed by atoms with Crippen molar-refractivity contribution in [3.8, 4) is 11.5 Å². The molecule has 1 N–H and O–H groups in total. The third kappa shape index (κ3) is 4.80. The van der Waals surface area contributed by atoms with Crippen LogP contribution in [0.5, 0.6) is 11.5 Å². The molecule has 0 aromatic heterocycles. The maximum atomic E-state index is 13.0. The van der Waals surface area contributed by atoms with Crippen molar-refractivity contribution in [1.82, 2.24) is 5.32 Å². The quantitative estimate of drug-likeness (QED) is 0.592. The van der Waals surface area contributed by atoms with Crippen molar-refractivity contribution in [2.45, 2.75) is 24.8 Å². The highest BCUT2D eigenvalue weighted by Crippen LogP contribution is 2.32. The lowest BCUT2D eigenvalue weighted by Gasteiger charge is -2.22. The van der Waals surface area contributed by atoms with Crippen LogP contribution >= 0.6 is 0 Å². The molecule has 0 aliphatic carbocycles. The van der Waals surface area contributed by atoms with E-state index in [1.807, 2.05) is 32.0 Å². The molecule has 33 heavy (non-hydrogen) atoms. The van der Waals surface area contributed by atoms with Crippen molar-refractivity contribution in [2.24, 2.45) is 0 Å². The summed E-state index contributed by atoms with van der Waals surface area (Å²) in [6.07, 6.45) is 0. The Balaban J connectivity index is 1.51. The van der Waals surface area contributed by atoms with Gasteiger partial charge < -0.3 is 14.8 Å².